The summed E-state index contributed by atoms with van der Waals surface area (Å²) in [4.78, 5) is 22.7. The van der Waals surface area contributed by atoms with Gasteiger partial charge in [-0.05, 0) is 31.2 Å². The summed E-state index contributed by atoms with van der Waals surface area (Å²) >= 11 is 0. The molecule has 36 heavy (non-hydrogen) atoms. The molecule has 1 aromatic carbocycles. The summed E-state index contributed by atoms with van der Waals surface area (Å²) in [7, 11) is 1.76. The Kier molecular flexibility index (Phi) is 6.50. The van der Waals surface area contributed by atoms with Crippen molar-refractivity contribution in [1.29, 1.82) is 5.26 Å². The second-order valence-electron chi connectivity index (χ2n) is 9.75. The predicted octanol–water partition coefficient (Wildman–Crippen LogP) is 4.25. The van der Waals surface area contributed by atoms with Crippen molar-refractivity contribution in [3.8, 4) is 6.07 Å². The molecule has 1 saturated heterocycles. The van der Waals surface area contributed by atoms with Crippen LogP contribution in [0.15, 0.2) is 53.6 Å². The Morgan fingerprint density at radius 3 is 2.58 bits per heavy atom. The lowest BCUT2D eigenvalue weighted by Gasteiger charge is -2.49. The van der Waals surface area contributed by atoms with E-state index in [1.807, 2.05) is 12.3 Å². The van der Waals surface area contributed by atoms with E-state index in [9.17, 15) is 4.79 Å². The number of benzene rings is 1. The predicted molar refractivity (Wildman–Crippen MR) is 143 cm³/mol. The van der Waals surface area contributed by atoms with Crippen molar-refractivity contribution < 1.29 is 0 Å². The van der Waals surface area contributed by atoms with E-state index < -0.39 is 0 Å². The lowest BCUT2D eigenvalue weighted by Crippen LogP contribution is -2.58. The largest absolute Gasteiger partial charge is 0.364 e. The summed E-state index contributed by atoms with van der Waals surface area (Å²) in [5.74, 6) is 0. The molecule has 8 heteroatoms. The average molecular weight is 484 g/mol. The fourth-order valence-electron chi connectivity index (χ4n) is 5.57. The van der Waals surface area contributed by atoms with Gasteiger partial charge in [-0.25, -0.2) is 0 Å². The van der Waals surface area contributed by atoms with Crippen LogP contribution in [0, 0.1) is 11.3 Å². The molecule has 0 spiro atoms. The number of hydrogen-bond donors (Lipinski definition) is 0. The van der Waals surface area contributed by atoms with Crippen molar-refractivity contribution in [1.82, 2.24) is 24.2 Å². The molecule has 8 nitrogen and oxygen atoms in total. The summed E-state index contributed by atoms with van der Waals surface area (Å²) in [5, 5.41) is 16.2. The molecule has 0 amide bonds. The summed E-state index contributed by atoms with van der Waals surface area (Å²) in [6, 6.07) is 15.1. The molecule has 1 unspecified atom stereocenters. The fraction of sp³-hybridized carbons (Fsp3) is 0.429. The topological polar surface area (TPSA) is 83.0 Å². The van der Waals surface area contributed by atoms with Gasteiger partial charge in [-0.3, -0.25) is 19.4 Å². The Labute approximate surface area is 211 Å². The van der Waals surface area contributed by atoms with E-state index in [1.165, 1.54) is 5.39 Å². The number of pyridine rings is 2. The van der Waals surface area contributed by atoms with Crippen molar-refractivity contribution in [3.63, 3.8) is 0 Å². The van der Waals surface area contributed by atoms with Gasteiger partial charge in [0.05, 0.1) is 29.2 Å². The molecule has 3 aromatic heterocycles. The number of fused-ring (bicyclic) bond motifs is 2. The van der Waals surface area contributed by atoms with E-state index in [2.05, 4.69) is 60.9 Å². The highest BCUT2D eigenvalue weighted by Gasteiger charge is 2.36. The van der Waals surface area contributed by atoms with E-state index in [1.54, 1.807) is 28.6 Å². The maximum atomic E-state index is 12.9. The first-order valence-electron chi connectivity index (χ1n) is 12.8. The molecule has 5 rings (SSSR count). The normalized spacial score (nSPS) is 19.6. The van der Waals surface area contributed by atoms with Crippen molar-refractivity contribution in [2.45, 2.75) is 58.3 Å². The van der Waals surface area contributed by atoms with Crippen molar-refractivity contribution in [2.24, 2.45) is 7.05 Å². The summed E-state index contributed by atoms with van der Waals surface area (Å²) < 4.78 is 3.23. The third-order valence-electron chi connectivity index (χ3n) is 7.74. The van der Waals surface area contributed by atoms with Gasteiger partial charge < -0.3 is 9.47 Å². The first kappa shape index (κ1) is 24.0. The zero-order chi connectivity index (χ0) is 25.4. The van der Waals surface area contributed by atoms with E-state index in [4.69, 9.17) is 15.3 Å². The standard InChI is InChI=1S/C28H33N7O/c1-5-22-17-35(25-14-27(36)32(4)26-18-33(12-11-29)31-28(25)26)23(6-2)16-34(22)19(3)24-13-20-9-7-8-10-21(20)15-30-24/h7-10,13-15,18-19,22-23H,5-6,12,16-17H2,1-4H3/t19?,22-,23+/m1/s1. The minimum atomic E-state index is -0.0620. The maximum Gasteiger partial charge on any atom is 0.252 e. The number of anilines is 1. The number of hydrogen-bond acceptors (Lipinski definition) is 6. The van der Waals surface area contributed by atoms with Gasteiger partial charge in [0.15, 0.2) is 0 Å². The number of nitrogens with zero attached hydrogens (tertiary/aromatic N) is 7. The number of nitriles is 1. The zero-order valence-electron chi connectivity index (χ0n) is 21.4. The lowest BCUT2D eigenvalue weighted by atomic mass is 9.97. The SMILES string of the molecule is CC[C@H]1CN(C(C)c2cc3ccccc3cn2)[C@H](CC)CN1c1cc(=O)n(C)c2cn(CC#N)nc12. The first-order valence-corrected chi connectivity index (χ1v) is 12.8. The highest BCUT2D eigenvalue weighted by Crippen LogP contribution is 2.34. The summed E-state index contributed by atoms with van der Waals surface area (Å²) in [5.41, 5.74) is 3.42. The van der Waals surface area contributed by atoms with Gasteiger partial charge in [-0.15, -0.1) is 0 Å². The Hall–Kier alpha value is -3.70. The van der Waals surface area contributed by atoms with Crippen LogP contribution in [0.2, 0.25) is 0 Å². The molecule has 1 aliphatic rings. The molecule has 0 bridgehead atoms. The van der Waals surface area contributed by atoms with Crippen molar-refractivity contribution >= 4 is 27.5 Å². The number of aryl methyl sites for hydroxylation is 1. The number of piperazine rings is 1. The van der Waals surface area contributed by atoms with Crippen LogP contribution in [0.25, 0.3) is 21.8 Å². The molecule has 0 saturated carbocycles. The molecule has 4 heterocycles. The van der Waals surface area contributed by atoms with Gasteiger partial charge in [-0.2, -0.15) is 10.4 Å². The molecule has 3 atom stereocenters. The molecule has 1 fully saturated rings. The second-order valence-corrected chi connectivity index (χ2v) is 9.75. The molecule has 4 aromatic rings. The molecule has 186 valence electrons. The van der Waals surface area contributed by atoms with Crippen molar-refractivity contribution in [3.05, 3.63) is 64.8 Å². The van der Waals surface area contributed by atoms with E-state index >= 15 is 0 Å². The van der Waals surface area contributed by atoms with Crippen LogP contribution >= 0.6 is 0 Å². The number of rotatable bonds is 6. The Morgan fingerprint density at radius 1 is 1.11 bits per heavy atom. The number of aromatic nitrogens is 4. The third-order valence-corrected chi connectivity index (χ3v) is 7.74. The van der Waals surface area contributed by atoms with Gasteiger partial charge in [0, 0.05) is 55.9 Å². The van der Waals surface area contributed by atoms with Crippen LogP contribution in [0.4, 0.5) is 5.69 Å². The highest BCUT2D eigenvalue weighted by atomic mass is 16.1. The van der Waals surface area contributed by atoms with Crippen LogP contribution < -0.4 is 10.5 Å². The van der Waals surface area contributed by atoms with Gasteiger partial charge in [0.1, 0.15) is 12.1 Å². The van der Waals surface area contributed by atoms with Crippen LogP contribution in [-0.4, -0.2) is 49.4 Å². The summed E-state index contributed by atoms with van der Waals surface area (Å²) in [6.07, 6.45) is 5.71. The Balaban J connectivity index is 1.51. The molecule has 0 aliphatic carbocycles. The van der Waals surface area contributed by atoms with E-state index in [0.29, 0.717) is 6.04 Å². The smallest absolute Gasteiger partial charge is 0.252 e. The minimum absolute atomic E-state index is 0.0620. The lowest BCUT2D eigenvalue weighted by molar-refractivity contribution is 0.0992. The summed E-state index contributed by atoms with van der Waals surface area (Å²) in [6.45, 7) is 8.52. The molecule has 0 radical (unpaired) electrons. The van der Waals surface area contributed by atoms with Crippen LogP contribution in [-0.2, 0) is 13.6 Å². The quantitative estimate of drug-likeness (QED) is 0.408. The molecular formula is C28H33N7O. The average Bonchev–Trinajstić information content (AvgIpc) is 3.33. The van der Waals surface area contributed by atoms with Crippen LogP contribution in [0.3, 0.4) is 0 Å². The van der Waals surface area contributed by atoms with Crippen molar-refractivity contribution in [2.75, 3.05) is 18.0 Å². The zero-order valence-corrected chi connectivity index (χ0v) is 21.4. The van der Waals surface area contributed by atoms with Gasteiger partial charge in [0.2, 0.25) is 0 Å². The minimum Gasteiger partial charge on any atom is -0.364 e. The van der Waals surface area contributed by atoms with E-state index in [0.717, 1.165) is 53.7 Å². The molecular weight excluding hydrogens is 450 g/mol. The van der Waals surface area contributed by atoms with Gasteiger partial charge in [-0.1, -0.05) is 38.1 Å². The Bertz CT molecular complexity index is 1500. The van der Waals surface area contributed by atoms with Gasteiger partial charge >= 0.3 is 0 Å². The highest BCUT2D eigenvalue weighted by molar-refractivity contribution is 5.88. The Morgan fingerprint density at radius 2 is 1.86 bits per heavy atom. The van der Waals surface area contributed by atoms with Crippen LogP contribution in [0.1, 0.15) is 45.3 Å². The molecule has 1 aliphatic heterocycles. The molecule has 0 N–H and O–H groups in total. The maximum absolute atomic E-state index is 12.9. The third kappa shape index (κ3) is 4.14. The second kappa shape index (κ2) is 9.75. The van der Waals surface area contributed by atoms with E-state index in [-0.39, 0.29) is 24.2 Å². The fourth-order valence-corrected chi connectivity index (χ4v) is 5.57. The first-order chi connectivity index (χ1) is 17.4. The monoisotopic (exact) mass is 483 g/mol. The van der Waals surface area contributed by atoms with Crippen LogP contribution in [0.5, 0.6) is 0 Å². The van der Waals surface area contributed by atoms with Gasteiger partial charge in [0.25, 0.3) is 5.56 Å².